The fourth-order valence-electron chi connectivity index (χ4n) is 9.05. The van der Waals surface area contributed by atoms with E-state index in [2.05, 4.69) is 0 Å². The van der Waals surface area contributed by atoms with Crippen molar-refractivity contribution in [1.29, 1.82) is 0 Å². The molecule has 3 fully saturated rings. The van der Waals surface area contributed by atoms with Crippen molar-refractivity contribution < 1.29 is 80.8 Å². The molecule has 0 spiro atoms. The summed E-state index contributed by atoms with van der Waals surface area (Å²) in [6.07, 6.45) is -16.5. The van der Waals surface area contributed by atoms with Gasteiger partial charge < -0.3 is 56.8 Å². The van der Waals surface area contributed by atoms with Gasteiger partial charge in [-0.2, -0.15) is 0 Å². The van der Waals surface area contributed by atoms with Crippen LogP contribution in [0.5, 0.6) is 11.5 Å². The molecule has 11 atom stereocenters. The van der Waals surface area contributed by atoms with Gasteiger partial charge in [-0.1, -0.05) is 121 Å². The van der Waals surface area contributed by atoms with E-state index < -0.39 is 104 Å². The first-order valence-corrected chi connectivity index (χ1v) is 25.0. The predicted octanol–water partition coefficient (Wildman–Crippen LogP) is 8.78. The van der Waals surface area contributed by atoms with Crippen LogP contribution in [0.2, 0.25) is 0 Å². The van der Waals surface area contributed by atoms with Gasteiger partial charge in [0.2, 0.25) is 12.4 Å². The Balaban J connectivity index is 1.10. The molecule has 17 heteroatoms. The van der Waals surface area contributed by atoms with E-state index in [1.807, 2.05) is 18.2 Å². The molecule has 3 aliphatic rings. The van der Waals surface area contributed by atoms with Crippen molar-refractivity contribution in [2.75, 3.05) is 20.3 Å². The van der Waals surface area contributed by atoms with Gasteiger partial charge in [0.1, 0.15) is 42.5 Å². The molecule has 10 rings (SSSR count). The molecule has 0 amide bonds. The van der Waals surface area contributed by atoms with Gasteiger partial charge >= 0.3 is 29.8 Å². The molecule has 0 radical (unpaired) electrons. The van der Waals surface area contributed by atoms with E-state index in [9.17, 15) is 24.0 Å². The molecular formula is C61H52O17. The Kier molecular flexibility index (Phi) is 16.9. The van der Waals surface area contributed by atoms with Crippen LogP contribution < -0.4 is 9.47 Å². The van der Waals surface area contributed by atoms with E-state index in [1.165, 1.54) is 43.5 Å². The summed E-state index contributed by atoms with van der Waals surface area (Å²) in [5.41, 5.74) is 1.33. The SMILES string of the molecule is COc1ccc(O[C@@H]2O[C@H](COC(=O)c3ccccc3)[C@@H](O[C@H]3O[C@@H]4COC(c5ccccc5)O[C@@H]4[C@H](OC(=O)c4ccccc4)[C@H]3OC(=O)c3ccccc3)[C@H](OC(=O)c3ccccc3)[C@H]2OC(=O)c2ccccc2)cc1. The second-order valence-electron chi connectivity index (χ2n) is 18.1. The molecule has 0 bridgehead atoms. The molecule has 3 heterocycles. The number of esters is 5. The van der Waals surface area contributed by atoms with Gasteiger partial charge in [0.25, 0.3) is 0 Å². The quantitative estimate of drug-likeness (QED) is 0.0619. The Morgan fingerprint density at radius 3 is 1.31 bits per heavy atom. The van der Waals surface area contributed by atoms with Gasteiger partial charge in [0.05, 0.1) is 41.5 Å². The summed E-state index contributed by atoms with van der Waals surface area (Å²) in [4.78, 5) is 71.5. The lowest BCUT2D eigenvalue weighted by atomic mass is 9.95. The van der Waals surface area contributed by atoms with Crippen LogP contribution in [-0.2, 0) is 47.4 Å². The minimum absolute atomic E-state index is 0.0966. The summed E-state index contributed by atoms with van der Waals surface area (Å²) in [6, 6.07) is 56.0. The molecule has 398 valence electrons. The van der Waals surface area contributed by atoms with Crippen molar-refractivity contribution >= 4 is 29.8 Å². The number of carbonyl (C=O) groups is 5. The highest BCUT2D eigenvalue weighted by Crippen LogP contribution is 2.40. The van der Waals surface area contributed by atoms with E-state index >= 15 is 0 Å². The monoisotopic (exact) mass is 1060 g/mol. The van der Waals surface area contributed by atoms with E-state index in [0.29, 0.717) is 11.3 Å². The largest absolute Gasteiger partial charge is 0.497 e. The lowest BCUT2D eigenvalue weighted by Crippen LogP contribution is -2.68. The van der Waals surface area contributed by atoms with E-state index in [-0.39, 0.29) is 40.2 Å². The average Bonchev–Trinajstić information content (AvgIpc) is 3.63. The third kappa shape index (κ3) is 12.6. The first-order valence-electron chi connectivity index (χ1n) is 25.0. The number of hydrogen-bond donors (Lipinski definition) is 0. The standard InChI is InChI=1S/C61H52O17/c1-67-44-32-34-45(35-33-44)70-60-52(75-57(65)41-26-14-5-15-27-41)51(74-56(64)40-24-12-4-13-25-40)49(46(71-60)36-68-54(62)38-20-8-2-9-21-38)78-61-53(76-58(66)42-28-16-6-17-29-42)50(73-55(63)39-22-10-3-11-23-39)48-47(72-61)37-69-59(77-48)43-30-18-7-19-31-43/h2-35,46-53,59-61H,36-37H2,1H3/t46-,47-,48+,49-,50+,51+,52-,53-,59?,60-,61-/m1/s1. The molecule has 0 saturated carbocycles. The smallest absolute Gasteiger partial charge is 0.338 e. The van der Waals surface area contributed by atoms with Gasteiger partial charge in [-0.25, -0.2) is 24.0 Å². The van der Waals surface area contributed by atoms with Gasteiger partial charge in [-0.05, 0) is 84.9 Å². The van der Waals surface area contributed by atoms with Gasteiger partial charge in [0.15, 0.2) is 30.9 Å². The highest BCUT2D eigenvalue weighted by atomic mass is 16.8. The fourth-order valence-corrected chi connectivity index (χ4v) is 9.05. The molecule has 0 N–H and O–H groups in total. The average molecular weight is 1060 g/mol. The van der Waals surface area contributed by atoms with Crippen molar-refractivity contribution in [1.82, 2.24) is 0 Å². The molecule has 17 nitrogen and oxygen atoms in total. The van der Waals surface area contributed by atoms with Crippen molar-refractivity contribution in [3.63, 3.8) is 0 Å². The summed E-state index contributed by atoms with van der Waals surface area (Å²) in [5.74, 6) is -3.49. The van der Waals surface area contributed by atoms with Crippen LogP contribution in [0.4, 0.5) is 0 Å². The molecule has 0 aliphatic carbocycles. The Morgan fingerprint density at radius 2 is 0.833 bits per heavy atom. The summed E-state index contributed by atoms with van der Waals surface area (Å²) in [5, 5.41) is 0. The van der Waals surface area contributed by atoms with Crippen LogP contribution in [0.25, 0.3) is 0 Å². The number of rotatable bonds is 17. The third-order valence-electron chi connectivity index (χ3n) is 12.9. The molecule has 3 saturated heterocycles. The highest BCUT2D eigenvalue weighted by molar-refractivity contribution is 5.92. The van der Waals surface area contributed by atoms with Crippen LogP contribution in [-0.4, -0.2) is 112 Å². The van der Waals surface area contributed by atoms with Crippen LogP contribution in [0, 0.1) is 0 Å². The number of carbonyl (C=O) groups excluding carboxylic acids is 5. The number of methoxy groups -OCH3 is 1. The van der Waals surface area contributed by atoms with Crippen molar-refractivity contribution in [3.8, 4) is 11.5 Å². The fraction of sp³-hybridized carbons (Fsp3) is 0.230. The molecule has 3 aliphatic heterocycles. The van der Waals surface area contributed by atoms with Gasteiger partial charge in [0, 0.05) is 5.56 Å². The molecule has 78 heavy (non-hydrogen) atoms. The van der Waals surface area contributed by atoms with Crippen molar-refractivity contribution in [3.05, 3.63) is 240 Å². The Labute approximate surface area is 448 Å². The molecular weight excluding hydrogens is 1000 g/mol. The summed E-state index contributed by atoms with van der Waals surface area (Å²) in [6.45, 7) is -0.770. The zero-order valence-electron chi connectivity index (χ0n) is 41.8. The molecule has 1 unspecified atom stereocenters. The lowest BCUT2D eigenvalue weighted by Gasteiger charge is -2.50. The van der Waals surface area contributed by atoms with Gasteiger partial charge in [-0.3, -0.25) is 0 Å². The van der Waals surface area contributed by atoms with Crippen LogP contribution >= 0.6 is 0 Å². The zero-order chi connectivity index (χ0) is 53.8. The summed E-state index contributed by atoms with van der Waals surface area (Å²) in [7, 11) is 1.50. The number of hydrogen-bond acceptors (Lipinski definition) is 17. The minimum atomic E-state index is -1.78. The van der Waals surface area contributed by atoms with Gasteiger partial charge in [-0.15, -0.1) is 0 Å². The summed E-state index contributed by atoms with van der Waals surface area (Å²) >= 11 is 0. The molecule has 7 aromatic carbocycles. The van der Waals surface area contributed by atoms with E-state index in [1.54, 1.807) is 152 Å². The Hall–Kier alpha value is -8.71. The maximum absolute atomic E-state index is 14.6. The van der Waals surface area contributed by atoms with Crippen LogP contribution in [0.3, 0.4) is 0 Å². The van der Waals surface area contributed by atoms with Crippen LogP contribution in [0.1, 0.15) is 63.6 Å². The third-order valence-corrected chi connectivity index (χ3v) is 12.9. The highest BCUT2D eigenvalue weighted by Gasteiger charge is 2.59. The first kappa shape index (κ1) is 52.7. The topological polar surface area (TPSA) is 196 Å². The molecule has 7 aromatic rings. The normalized spacial score (nSPS) is 24.4. The van der Waals surface area contributed by atoms with E-state index in [0.717, 1.165) is 0 Å². The number of benzene rings is 7. The molecule has 0 aromatic heterocycles. The second kappa shape index (κ2) is 25.0. The van der Waals surface area contributed by atoms with Crippen molar-refractivity contribution in [2.24, 2.45) is 0 Å². The number of ether oxygens (including phenoxy) is 12. The number of fused-ring (bicyclic) bond motifs is 1. The second-order valence-corrected chi connectivity index (χ2v) is 18.1. The van der Waals surface area contributed by atoms with Crippen molar-refractivity contribution in [2.45, 2.75) is 67.7 Å². The Morgan fingerprint density at radius 1 is 0.423 bits per heavy atom. The predicted molar refractivity (Wildman–Crippen MR) is 275 cm³/mol. The minimum Gasteiger partial charge on any atom is -0.497 e. The zero-order valence-corrected chi connectivity index (χ0v) is 41.8. The maximum atomic E-state index is 14.6. The van der Waals surface area contributed by atoms with Crippen LogP contribution in [0.15, 0.2) is 206 Å². The first-order chi connectivity index (χ1) is 38.2. The Bertz CT molecular complexity index is 3100. The maximum Gasteiger partial charge on any atom is 0.338 e. The lowest BCUT2D eigenvalue weighted by molar-refractivity contribution is -0.380. The van der Waals surface area contributed by atoms with E-state index in [4.69, 9.17) is 56.8 Å². The summed E-state index contributed by atoms with van der Waals surface area (Å²) < 4.78 is 76.8.